The van der Waals surface area contributed by atoms with Gasteiger partial charge in [-0.25, -0.2) is 9.97 Å². The van der Waals surface area contributed by atoms with E-state index in [4.69, 9.17) is 9.97 Å². The standard InChI is InChI=1S/C45H27N3/c1-2-11-34-25-36(24-21-30(34)9-1)31-19-22-33(23-20-31)43-28-44(48-45(47-43)41-17-8-13-32-10-3-5-16-40(32)41)38-15-7-14-35(26-38)39-27-37-12-4-6-18-42(37)46-29-39/h1-6,8-13,15-29H. The molecule has 3 heteroatoms. The quantitative estimate of drug-likeness (QED) is 0.195. The van der Waals surface area contributed by atoms with Gasteiger partial charge in [-0.1, -0.05) is 133 Å². The first-order valence-electron chi connectivity index (χ1n) is 16.0. The first-order chi connectivity index (χ1) is 23.7. The average Bonchev–Trinajstić information content (AvgIpc) is 3.17. The van der Waals surface area contributed by atoms with Crippen LogP contribution >= 0.6 is 0 Å². The van der Waals surface area contributed by atoms with Gasteiger partial charge >= 0.3 is 0 Å². The topological polar surface area (TPSA) is 38.7 Å². The summed E-state index contributed by atoms with van der Waals surface area (Å²) in [4.78, 5) is 15.0. The highest BCUT2D eigenvalue weighted by molar-refractivity contribution is 5.96. The van der Waals surface area contributed by atoms with E-state index in [1.807, 2.05) is 30.5 Å². The number of hydrogen-bond acceptors (Lipinski definition) is 3. The Kier molecular flexibility index (Phi) is 6.70. The van der Waals surface area contributed by atoms with Gasteiger partial charge in [0.25, 0.3) is 0 Å². The summed E-state index contributed by atoms with van der Waals surface area (Å²) in [6.07, 6.45) is 1.90. The lowest BCUT2D eigenvalue weighted by Gasteiger charge is -2.12. The predicted octanol–water partition coefficient (Wildman–Crippen LogP) is 11.3. The number of aromatic nitrogens is 3. The summed E-state index contributed by atoms with van der Waals surface area (Å²) in [5, 5.41) is 5.83. The molecule has 2 heterocycles. The SMILES string of the molecule is c1cc(-c2cc(-c3ccc(-c4ccc5ccccc5c4)cc3)nc(-c3cccc4ccccc34)n2)cc(-c2cnc3ccccc3c2)c#1. The van der Waals surface area contributed by atoms with Crippen molar-refractivity contribution in [3.63, 3.8) is 0 Å². The van der Waals surface area contributed by atoms with Crippen LogP contribution in [0.1, 0.15) is 0 Å². The van der Waals surface area contributed by atoms with Crippen LogP contribution in [0.5, 0.6) is 0 Å². The summed E-state index contributed by atoms with van der Waals surface area (Å²) in [5.74, 6) is 0.680. The molecule has 0 spiro atoms. The lowest BCUT2D eigenvalue weighted by molar-refractivity contribution is 1.19. The van der Waals surface area contributed by atoms with Crippen molar-refractivity contribution in [2.45, 2.75) is 0 Å². The second-order valence-corrected chi connectivity index (χ2v) is 12.0. The Bertz CT molecular complexity index is 2620. The maximum atomic E-state index is 5.17. The Hall–Kier alpha value is -6.63. The molecule has 9 aromatic rings. The second kappa shape index (κ2) is 11.6. The van der Waals surface area contributed by atoms with E-state index < -0.39 is 0 Å². The van der Waals surface area contributed by atoms with Crippen molar-refractivity contribution < 1.29 is 0 Å². The first kappa shape index (κ1) is 27.7. The highest BCUT2D eigenvalue weighted by atomic mass is 14.9. The van der Waals surface area contributed by atoms with Gasteiger partial charge in [0.15, 0.2) is 5.82 Å². The molecule has 222 valence electrons. The van der Waals surface area contributed by atoms with Crippen molar-refractivity contribution >= 4 is 32.4 Å². The van der Waals surface area contributed by atoms with E-state index in [1.54, 1.807) is 0 Å². The molecule has 0 saturated heterocycles. The molecular weight excluding hydrogens is 583 g/mol. The maximum absolute atomic E-state index is 5.17. The molecule has 0 aliphatic heterocycles. The number of pyridine rings is 1. The molecule has 0 unspecified atom stereocenters. The van der Waals surface area contributed by atoms with Crippen LogP contribution in [0.25, 0.3) is 88.6 Å². The molecule has 0 saturated carbocycles. The van der Waals surface area contributed by atoms with E-state index in [0.29, 0.717) is 5.82 Å². The van der Waals surface area contributed by atoms with Gasteiger partial charge in [-0.05, 0) is 69.1 Å². The molecule has 9 rings (SSSR count). The van der Waals surface area contributed by atoms with Gasteiger partial charge in [-0.3, -0.25) is 4.98 Å². The summed E-state index contributed by atoms with van der Waals surface area (Å²) < 4.78 is 0. The summed E-state index contributed by atoms with van der Waals surface area (Å²) >= 11 is 0. The van der Waals surface area contributed by atoms with Crippen molar-refractivity contribution in [1.82, 2.24) is 15.0 Å². The van der Waals surface area contributed by atoms with Crippen LogP contribution in [0.4, 0.5) is 0 Å². The fourth-order valence-electron chi connectivity index (χ4n) is 6.43. The normalized spacial score (nSPS) is 11.2. The van der Waals surface area contributed by atoms with Gasteiger partial charge in [0.1, 0.15) is 0 Å². The summed E-state index contributed by atoms with van der Waals surface area (Å²) in [6.45, 7) is 0. The molecule has 3 nitrogen and oxygen atoms in total. The molecule has 0 bridgehead atoms. The fraction of sp³-hybridized carbons (Fsp3) is 0. The molecule has 0 aliphatic carbocycles. The van der Waals surface area contributed by atoms with E-state index in [2.05, 4.69) is 151 Å². The molecule has 2 aromatic heterocycles. The first-order valence-corrected chi connectivity index (χ1v) is 16.0. The van der Waals surface area contributed by atoms with Crippen molar-refractivity contribution in [1.29, 1.82) is 0 Å². The van der Waals surface area contributed by atoms with Crippen LogP contribution in [0.15, 0.2) is 164 Å². The number of para-hydroxylation sites is 1. The largest absolute Gasteiger partial charge is 0.256 e. The molecule has 0 N–H and O–H groups in total. The van der Waals surface area contributed by atoms with E-state index in [9.17, 15) is 0 Å². The van der Waals surface area contributed by atoms with Crippen LogP contribution in [-0.4, -0.2) is 15.0 Å². The number of benzene rings is 6. The predicted molar refractivity (Wildman–Crippen MR) is 197 cm³/mol. The van der Waals surface area contributed by atoms with Crippen LogP contribution in [0.2, 0.25) is 0 Å². The Labute approximate surface area is 278 Å². The highest BCUT2D eigenvalue weighted by Crippen LogP contribution is 2.33. The smallest absolute Gasteiger partial charge is 0.161 e. The Morgan fingerprint density at radius 1 is 0.438 bits per heavy atom. The summed E-state index contributed by atoms with van der Waals surface area (Å²) in [5.41, 5.74) is 9.85. The number of fused-ring (bicyclic) bond motifs is 3. The molecule has 0 atom stereocenters. The molecule has 48 heavy (non-hydrogen) atoms. The molecule has 0 aliphatic rings. The molecule has 0 amide bonds. The summed E-state index contributed by atoms with van der Waals surface area (Å²) in [6, 6.07) is 61.4. The van der Waals surface area contributed by atoms with E-state index in [0.717, 1.165) is 66.4 Å². The van der Waals surface area contributed by atoms with Crippen LogP contribution < -0.4 is 0 Å². The Balaban J connectivity index is 1.16. The maximum Gasteiger partial charge on any atom is 0.161 e. The minimum absolute atomic E-state index is 0.680. The molecule has 0 fully saturated rings. The van der Waals surface area contributed by atoms with Gasteiger partial charge in [-0.2, -0.15) is 0 Å². The second-order valence-electron chi connectivity index (χ2n) is 12.0. The van der Waals surface area contributed by atoms with Crippen LogP contribution in [-0.2, 0) is 0 Å². The lowest BCUT2D eigenvalue weighted by atomic mass is 9.98. The number of rotatable bonds is 5. The van der Waals surface area contributed by atoms with Crippen molar-refractivity contribution in [3.05, 3.63) is 176 Å². The zero-order chi connectivity index (χ0) is 31.9. The van der Waals surface area contributed by atoms with Gasteiger partial charge in [0.2, 0.25) is 0 Å². The fourth-order valence-corrected chi connectivity index (χ4v) is 6.43. The minimum Gasteiger partial charge on any atom is -0.256 e. The van der Waals surface area contributed by atoms with Gasteiger partial charge in [0.05, 0.1) is 16.9 Å². The molecule has 0 radical (unpaired) electrons. The number of hydrogen-bond donors (Lipinski definition) is 0. The third kappa shape index (κ3) is 5.12. The number of nitrogens with zero attached hydrogens (tertiary/aromatic N) is 3. The van der Waals surface area contributed by atoms with Crippen molar-refractivity contribution in [3.8, 4) is 56.2 Å². The summed E-state index contributed by atoms with van der Waals surface area (Å²) in [7, 11) is 0. The van der Waals surface area contributed by atoms with Crippen LogP contribution in [0, 0.1) is 12.1 Å². The monoisotopic (exact) mass is 609 g/mol. The Morgan fingerprint density at radius 3 is 1.98 bits per heavy atom. The van der Waals surface area contributed by atoms with E-state index >= 15 is 0 Å². The average molecular weight is 610 g/mol. The van der Waals surface area contributed by atoms with Crippen molar-refractivity contribution in [2.24, 2.45) is 0 Å². The minimum atomic E-state index is 0.680. The van der Waals surface area contributed by atoms with Gasteiger partial charge < -0.3 is 0 Å². The highest BCUT2D eigenvalue weighted by Gasteiger charge is 2.14. The zero-order valence-corrected chi connectivity index (χ0v) is 25.9. The van der Waals surface area contributed by atoms with Gasteiger partial charge in [0, 0.05) is 39.4 Å². The van der Waals surface area contributed by atoms with Crippen molar-refractivity contribution in [2.75, 3.05) is 0 Å². The van der Waals surface area contributed by atoms with Crippen LogP contribution in [0.3, 0.4) is 0 Å². The Morgan fingerprint density at radius 2 is 1.10 bits per heavy atom. The third-order valence-electron chi connectivity index (χ3n) is 8.95. The molecular formula is C45H27N3. The lowest BCUT2D eigenvalue weighted by Crippen LogP contribution is -1.96. The zero-order valence-electron chi connectivity index (χ0n) is 25.9. The third-order valence-corrected chi connectivity index (χ3v) is 8.95. The van der Waals surface area contributed by atoms with Gasteiger partial charge in [-0.15, -0.1) is 0 Å². The van der Waals surface area contributed by atoms with E-state index in [-0.39, 0.29) is 0 Å². The molecule has 7 aromatic carbocycles. The van der Waals surface area contributed by atoms with E-state index in [1.165, 1.54) is 16.3 Å².